The molecule has 0 unspecified atom stereocenters. The smallest absolute Gasteiger partial charge is 0.339 e. The number of benzene rings is 1. The summed E-state index contributed by atoms with van der Waals surface area (Å²) < 4.78 is 37.7. The number of carbonyl (C=O) groups excluding carboxylic acids is 2. The van der Waals surface area contributed by atoms with Gasteiger partial charge in [-0.2, -0.15) is 4.98 Å². The quantitative estimate of drug-likeness (QED) is 0.586. The van der Waals surface area contributed by atoms with Crippen LogP contribution < -0.4 is 10.0 Å². The average molecular weight is 432 g/mol. The number of hydrogen-bond donors (Lipinski definition) is 2. The Labute approximate surface area is 172 Å². The lowest BCUT2D eigenvalue weighted by Gasteiger charge is -2.13. The summed E-state index contributed by atoms with van der Waals surface area (Å²) in [6, 6.07) is 6.09. The second-order valence-corrected chi connectivity index (χ2v) is 8.37. The highest BCUT2D eigenvalue weighted by Gasteiger charge is 2.26. The molecule has 158 valence electrons. The molecule has 0 atom stereocenters. The van der Waals surface area contributed by atoms with Crippen LogP contribution in [0, 0.1) is 13.8 Å². The third-order valence-corrected chi connectivity index (χ3v) is 5.29. The van der Waals surface area contributed by atoms with Crippen LogP contribution in [0.3, 0.4) is 0 Å². The average Bonchev–Trinajstić information content (AvgIpc) is 3.01. The molecule has 3 aromatic rings. The lowest BCUT2D eigenvalue weighted by atomic mass is 10.2. The van der Waals surface area contributed by atoms with Gasteiger partial charge in [0.25, 0.3) is 10.0 Å². The molecule has 3 rings (SSSR count). The van der Waals surface area contributed by atoms with Gasteiger partial charge in [-0.05, 0) is 45.9 Å². The van der Waals surface area contributed by atoms with Gasteiger partial charge in [-0.15, -0.1) is 0 Å². The van der Waals surface area contributed by atoms with E-state index in [0.29, 0.717) is 16.8 Å². The molecule has 1 aromatic carbocycles. The molecule has 11 heteroatoms. The molecule has 0 saturated carbocycles. The predicted octanol–water partition coefficient (Wildman–Crippen LogP) is 2.92. The molecule has 2 amide bonds. The first-order valence-corrected chi connectivity index (χ1v) is 10.4. The SMILES string of the molecule is Cc1cc2c(C)nc(NC(=O)NS(=O)(=O)c3ccccc3C(=O)OC(C)C)nc2o1. The number of anilines is 1. The van der Waals surface area contributed by atoms with Gasteiger partial charge in [-0.25, -0.2) is 27.7 Å². The number of fused-ring (bicyclic) bond motifs is 1. The molecule has 0 bridgehead atoms. The highest BCUT2D eigenvalue weighted by molar-refractivity contribution is 7.90. The van der Waals surface area contributed by atoms with E-state index in [2.05, 4.69) is 15.3 Å². The van der Waals surface area contributed by atoms with E-state index in [-0.39, 0.29) is 22.1 Å². The number of nitrogens with zero attached hydrogens (tertiary/aromatic N) is 2. The van der Waals surface area contributed by atoms with Crippen LogP contribution in [-0.2, 0) is 14.8 Å². The van der Waals surface area contributed by atoms with Crippen LogP contribution in [0.15, 0.2) is 39.6 Å². The number of furan rings is 1. The van der Waals surface area contributed by atoms with Crippen LogP contribution in [0.25, 0.3) is 11.1 Å². The molecule has 0 fully saturated rings. The Morgan fingerprint density at radius 2 is 1.83 bits per heavy atom. The maximum absolute atomic E-state index is 12.7. The standard InChI is InChI=1S/C19H20N4O6S/c1-10(2)28-17(24)13-7-5-6-8-15(13)30(26,27)23-19(25)22-18-20-12(4)14-9-11(3)29-16(14)21-18/h5-10H,1-4H3,(H2,20,21,22,23,25). The molecular formula is C19H20N4O6S. The minimum atomic E-state index is -4.38. The van der Waals surface area contributed by atoms with E-state index >= 15 is 0 Å². The highest BCUT2D eigenvalue weighted by atomic mass is 32.2. The number of amides is 2. The molecule has 0 radical (unpaired) electrons. The van der Waals surface area contributed by atoms with Crippen molar-refractivity contribution < 1.29 is 27.2 Å². The lowest BCUT2D eigenvalue weighted by Crippen LogP contribution is -2.35. The van der Waals surface area contributed by atoms with Crippen molar-refractivity contribution in [3.05, 3.63) is 47.3 Å². The number of carbonyl (C=O) groups is 2. The topological polar surface area (TPSA) is 140 Å². The molecule has 0 saturated heterocycles. The van der Waals surface area contributed by atoms with Crippen LogP contribution in [0.2, 0.25) is 0 Å². The molecule has 0 aliphatic carbocycles. The summed E-state index contributed by atoms with van der Waals surface area (Å²) in [5.74, 6) is -0.324. The first-order valence-electron chi connectivity index (χ1n) is 8.95. The van der Waals surface area contributed by atoms with Gasteiger partial charge < -0.3 is 9.15 Å². The van der Waals surface area contributed by atoms with Gasteiger partial charge in [0, 0.05) is 0 Å². The van der Waals surface area contributed by atoms with E-state index in [1.807, 2.05) is 4.72 Å². The number of hydrogen-bond acceptors (Lipinski definition) is 8. The Morgan fingerprint density at radius 3 is 2.53 bits per heavy atom. The van der Waals surface area contributed by atoms with Crippen molar-refractivity contribution in [1.29, 1.82) is 0 Å². The lowest BCUT2D eigenvalue weighted by molar-refractivity contribution is 0.0373. The van der Waals surface area contributed by atoms with Crippen molar-refractivity contribution in [2.45, 2.75) is 38.7 Å². The van der Waals surface area contributed by atoms with Crippen molar-refractivity contribution >= 4 is 39.1 Å². The summed E-state index contributed by atoms with van der Waals surface area (Å²) in [7, 11) is -4.38. The number of esters is 1. The molecule has 2 aromatic heterocycles. The van der Waals surface area contributed by atoms with Crippen molar-refractivity contribution in [3.63, 3.8) is 0 Å². The third kappa shape index (κ3) is 4.57. The summed E-state index contributed by atoms with van der Waals surface area (Å²) in [6.07, 6.45) is -0.440. The zero-order chi connectivity index (χ0) is 22.1. The third-order valence-electron chi connectivity index (χ3n) is 3.90. The van der Waals surface area contributed by atoms with Gasteiger partial charge in [0.1, 0.15) is 10.7 Å². The second kappa shape index (κ2) is 8.11. The van der Waals surface area contributed by atoms with Crippen LogP contribution in [0.1, 0.15) is 35.7 Å². The van der Waals surface area contributed by atoms with E-state index in [1.54, 1.807) is 33.8 Å². The van der Waals surface area contributed by atoms with Crippen LogP contribution in [0.5, 0.6) is 0 Å². The number of sulfonamides is 1. The largest absolute Gasteiger partial charge is 0.459 e. The summed E-state index contributed by atoms with van der Waals surface area (Å²) >= 11 is 0. The Bertz CT molecular complexity index is 1230. The fourth-order valence-corrected chi connectivity index (χ4v) is 3.80. The van der Waals surface area contributed by atoms with Crippen molar-refractivity contribution in [3.8, 4) is 0 Å². The molecule has 10 nitrogen and oxygen atoms in total. The summed E-state index contributed by atoms with van der Waals surface area (Å²) in [4.78, 5) is 32.3. The number of aromatic nitrogens is 2. The molecule has 0 spiro atoms. The van der Waals surface area contributed by atoms with E-state index in [1.165, 1.54) is 24.3 Å². The Morgan fingerprint density at radius 1 is 1.13 bits per heavy atom. The van der Waals surface area contributed by atoms with Gasteiger partial charge >= 0.3 is 12.0 Å². The molecule has 0 aliphatic rings. The first kappa shape index (κ1) is 21.2. The van der Waals surface area contributed by atoms with Gasteiger partial charge in [-0.1, -0.05) is 12.1 Å². The summed E-state index contributed by atoms with van der Waals surface area (Å²) in [5.41, 5.74) is 0.628. The maximum atomic E-state index is 12.7. The number of urea groups is 1. The van der Waals surface area contributed by atoms with Crippen molar-refractivity contribution in [2.24, 2.45) is 0 Å². The zero-order valence-corrected chi connectivity index (χ0v) is 17.5. The van der Waals surface area contributed by atoms with Crippen molar-refractivity contribution in [1.82, 2.24) is 14.7 Å². The number of aryl methyl sites for hydroxylation is 2. The normalized spacial score (nSPS) is 11.5. The van der Waals surface area contributed by atoms with Gasteiger partial charge in [-0.3, -0.25) is 5.32 Å². The zero-order valence-electron chi connectivity index (χ0n) is 16.7. The van der Waals surface area contributed by atoms with Gasteiger partial charge in [0.15, 0.2) is 0 Å². The van der Waals surface area contributed by atoms with Crippen LogP contribution in [0.4, 0.5) is 10.7 Å². The van der Waals surface area contributed by atoms with E-state index < -0.39 is 28.1 Å². The number of nitrogens with one attached hydrogen (secondary N) is 2. The summed E-state index contributed by atoms with van der Waals surface area (Å²) in [5, 5.41) is 2.95. The molecule has 0 aliphatic heterocycles. The first-order chi connectivity index (χ1) is 14.1. The number of rotatable bonds is 5. The van der Waals surface area contributed by atoms with E-state index in [4.69, 9.17) is 9.15 Å². The van der Waals surface area contributed by atoms with Gasteiger partial charge in [0.05, 0.1) is 22.7 Å². The number of ether oxygens (including phenoxy) is 1. The molecular weight excluding hydrogens is 412 g/mol. The predicted molar refractivity (Wildman–Crippen MR) is 108 cm³/mol. The minimum Gasteiger partial charge on any atom is -0.459 e. The fourth-order valence-electron chi connectivity index (χ4n) is 2.69. The Kier molecular flexibility index (Phi) is 5.74. The Hall–Kier alpha value is -3.47. The molecule has 30 heavy (non-hydrogen) atoms. The maximum Gasteiger partial charge on any atom is 0.339 e. The minimum absolute atomic E-state index is 0.130. The van der Waals surface area contributed by atoms with Gasteiger partial charge in [0.2, 0.25) is 11.7 Å². The second-order valence-electron chi connectivity index (χ2n) is 6.72. The molecule has 2 N–H and O–H groups in total. The van der Waals surface area contributed by atoms with Crippen LogP contribution >= 0.6 is 0 Å². The highest BCUT2D eigenvalue weighted by Crippen LogP contribution is 2.21. The summed E-state index contributed by atoms with van der Waals surface area (Å²) in [6.45, 7) is 6.73. The van der Waals surface area contributed by atoms with E-state index in [9.17, 15) is 18.0 Å². The monoisotopic (exact) mass is 432 g/mol. The molecule has 2 heterocycles. The van der Waals surface area contributed by atoms with Crippen molar-refractivity contribution in [2.75, 3.05) is 5.32 Å². The fraction of sp³-hybridized carbons (Fsp3) is 0.263. The van der Waals surface area contributed by atoms with Crippen LogP contribution in [-0.4, -0.2) is 36.5 Å². The Balaban J connectivity index is 1.82. The van der Waals surface area contributed by atoms with E-state index in [0.717, 1.165) is 0 Å².